The first-order valence-electron chi connectivity index (χ1n) is 8.36. The van der Waals surface area contributed by atoms with Gasteiger partial charge in [0.25, 0.3) is 5.91 Å². The molecule has 0 unspecified atom stereocenters. The Kier molecular flexibility index (Phi) is 5.27. The minimum absolute atomic E-state index is 0.115. The third kappa shape index (κ3) is 4.25. The molecule has 0 saturated carbocycles. The first kappa shape index (κ1) is 17.6. The lowest BCUT2D eigenvalue weighted by Crippen LogP contribution is -2.22. The molecular weight excluding hydrogens is 331 g/mol. The number of nitrogens with one attached hydrogen (secondary N) is 1. The molecule has 4 nitrogen and oxygen atoms in total. The predicted octanol–water partition coefficient (Wildman–Crippen LogP) is 4.74. The van der Waals surface area contributed by atoms with E-state index < -0.39 is 0 Å². The van der Waals surface area contributed by atoms with Gasteiger partial charge < -0.3 is 10.1 Å². The molecule has 1 amide bonds. The van der Waals surface area contributed by atoms with E-state index in [1.807, 2.05) is 38.1 Å². The Morgan fingerprint density at radius 2 is 1.65 bits per heavy atom. The Bertz CT molecular complexity index is 906. The number of ether oxygens (including phenoxy) is 1. The number of pyridine rings is 1. The average Bonchev–Trinajstić information content (AvgIpc) is 2.64. The van der Waals surface area contributed by atoms with Crippen LogP contribution in [0.4, 0.5) is 4.39 Å². The van der Waals surface area contributed by atoms with Crippen LogP contribution >= 0.6 is 0 Å². The van der Waals surface area contributed by atoms with Crippen LogP contribution in [-0.2, 0) is 0 Å². The van der Waals surface area contributed by atoms with Gasteiger partial charge in [-0.15, -0.1) is 0 Å². The zero-order valence-electron chi connectivity index (χ0n) is 14.6. The molecule has 3 rings (SSSR count). The van der Waals surface area contributed by atoms with Crippen LogP contribution in [0.15, 0.2) is 60.7 Å². The van der Waals surface area contributed by atoms with E-state index >= 15 is 0 Å². The van der Waals surface area contributed by atoms with Crippen molar-refractivity contribution in [2.24, 2.45) is 0 Å². The number of carbonyl (C=O) groups excluding carboxylic acids is 1. The number of nitrogens with zero attached hydrogens (tertiary/aromatic N) is 1. The fourth-order valence-corrected chi connectivity index (χ4v) is 2.54. The van der Waals surface area contributed by atoms with E-state index in [4.69, 9.17) is 4.74 Å². The molecule has 0 saturated heterocycles. The molecule has 1 N–H and O–H groups in total. The summed E-state index contributed by atoms with van der Waals surface area (Å²) in [5.74, 6) is 0.778. The van der Waals surface area contributed by atoms with Crippen LogP contribution in [0.3, 0.4) is 0 Å². The highest BCUT2D eigenvalue weighted by Gasteiger charge is 2.09. The van der Waals surface area contributed by atoms with Gasteiger partial charge >= 0.3 is 0 Å². The van der Waals surface area contributed by atoms with Crippen molar-refractivity contribution in [3.63, 3.8) is 0 Å². The Morgan fingerprint density at radius 1 is 1.04 bits per heavy atom. The van der Waals surface area contributed by atoms with Crippen molar-refractivity contribution in [1.82, 2.24) is 10.3 Å². The number of hydrogen-bond donors (Lipinski definition) is 1. The quantitative estimate of drug-likeness (QED) is 0.723. The van der Waals surface area contributed by atoms with Gasteiger partial charge in [0.15, 0.2) is 0 Å². The van der Waals surface area contributed by atoms with Crippen LogP contribution in [0, 0.1) is 12.7 Å². The van der Waals surface area contributed by atoms with Crippen molar-refractivity contribution in [1.29, 1.82) is 0 Å². The van der Waals surface area contributed by atoms with Crippen molar-refractivity contribution in [3.8, 4) is 22.8 Å². The summed E-state index contributed by atoms with van der Waals surface area (Å²) in [7, 11) is 0. The van der Waals surface area contributed by atoms with E-state index in [9.17, 15) is 9.18 Å². The van der Waals surface area contributed by atoms with E-state index in [-0.39, 0.29) is 11.7 Å². The van der Waals surface area contributed by atoms with Crippen LogP contribution in [0.25, 0.3) is 11.3 Å². The molecule has 26 heavy (non-hydrogen) atoms. The summed E-state index contributed by atoms with van der Waals surface area (Å²) in [6.07, 6.45) is 0. The number of aryl methyl sites for hydroxylation is 1. The molecule has 1 aromatic heterocycles. The maximum Gasteiger partial charge on any atom is 0.251 e. The average molecular weight is 350 g/mol. The highest BCUT2D eigenvalue weighted by atomic mass is 19.1. The van der Waals surface area contributed by atoms with Crippen molar-refractivity contribution in [2.45, 2.75) is 13.8 Å². The molecule has 5 heteroatoms. The topological polar surface area (TPSA) is 51.2 Å². The zero-order chi connectivity index (χ0) is 18.5. The van der Waals surface area contributed by atoms with E-state index in [1.54, 1.807) is 24.3 Å². The smallest absolute Gasteiger partial charge is 0.251 e. The monoisotopic (exact) mass is 350 g/mol. The summed E-state index contributed by atoms with van der Waals surface area (Å²) >= 11 is 0. The van der Waals surface area contributed by atoms with Crippen LogP contribution in [0.2, 0.25) is 0 Å². The Morgan fingerprint density at radius 3 is 2.27 bits per heavy atom. The second-order valence-electron chi connectivity index (χ2n) is 5.82. The summed E-state index contributed by atoms with van der Waals surface area (Å²) in [5.41, 5.74) is 2.96. The molecule has 0 aliphatic carbocycles. The van der Waals surface area contributed by atoms with E-state index in [2.05, 4.69) is 10.3 Å². The third-order valence-electron chi connectivity index (χ3n) is 3.75. The molecule has 0 spiro atoms. The van der Waals surface area contributed by atoms with Gasteiger partial charge in [0, 0.05) is 23.4 Å². The molecule has 132 valence electrons. The molecule has 0 bridgehead atoms. The predicted molar refractivity (Wildman–Crippen MR) is 98.9 cm³/mol. The van der Waals surface area contributed by atoms with E-state index in [0.29, 0.717) is 23.6 Å². The van der Waals surface area contributed by atoms with Gasteiger partial charge in [0.2, 0.25) is 0 Å². The molecular formula is C21H19FN2O2. The molecule has 0 aliphatic rings. The lowest BCUT2D eigenvalue weighted by molar-refractivity contribution is 0.0955. The Hall–Kier alpha value is -3.21. The summed E-state index contributed by atoms with van der Waals surface area (Å²) in [6.45, 7) is 4.32. The van der Waals surface area contributed by atoms with Gasteiger partial charge in [-0.2, -0.15) is 0 Å². The maximum atomic E-state index is 12.9. The van der Waals surface area contributed by atoms with Gasteiger partial charge in [-0.05, 0) is 74.5 Å². The van der Waals surface area contributed by atoms with Crippen molar-refractivity contribution >= 4 is 5.91 Å². The minimum atomic E-state index is -0.305. The van der Waals surface area contributed by atoms with E-state index in [1.165, 1.54) is 12.1 Å². The molecule has 0 aliphatic heterocycles. The highest BCUT2D eigenvalue weighted by Crippen LogP contribution is 2.26. The van der Waals surface area contributed by atoms with Crippen molar-refractivity contribution in [3.05, 3.63) is 77.7 Å². The number of halogens is 1. The largest absolute Gasteiger partial charge is 0.457 e. The van der Waals surface area contributed by atoms with Gasteiger partial charge in [0.05, 0.1) is 5.69 Å². The second kappa shape index (κ2) is 7.78. The summed E-state index contributed by atoms with van der Waals surface area (Å²) in [6, 6.07) is 16.8. The first-order chi connectivity index (χ1) is 12.5. The lowest BCUT2D eigenvalue weighted by atomic mass is 10.1. The summed E-state index contributed by atoms with van der Waals surface area (Å²) in [5, 5.41) is 2.79. The van der Waals surface area contributed by atoms with Crippen molar-refractivity contribution in [2.75, 3.05) is 6.54 Å². The molecule has 2 aromatic carbocycles. The highest BCUT2D eigenvalue weighted by molar-refractivity contribution is 5.95. The molecule has 1 heterocycles. The third-order valence-corrected chi connectivity index (χ3v) is 3.75. The molecule has 0 atom stereocenters. The van der Waals surface area contributed by atoms with Crippen LogP contribution in [0.1, 0.15) is 23.0 Å². The van der Waals surface area contributed by atoms with Gasteiger partial charge in [-0.25, -0.2) is 4.39 Å². The SMILES string of the molecule is CCNC(=O)c1cc(C)nc(-c2ccc(Oc3ccc(F)cc3)cc2)c1. The standard InChI is InChI=1S/C21H19FN2O2/c1-3-23-21(25)16-12-14(2)24-20(13-16)15-4-8-18(9-5-15)26-19-10-6-17(22)7-11-19/h4-13H,3H2,1-2H3,(H,23,25). The molecule has 0 fully saturated rings. The fourth-order valence-electron chi connectivity index (χ4n) is 2.54. The zero-order valence-corrected chi connectivity index (χ0v) is 14.6. The molecule has 3 aromatic rings. The minimum Gasteiger partial charge on any atom is -0.457 e. The van der Waals surface area contributed by atoms with Crippen molar-refractivity contribution < 1.29 is 13.9 Å². The van der Waals surface area contributed by atoms with E-state index in [0.717, 1.165) is 17.0 Å². The number of aromatic nitrogens is 1. The Balaban J connectivity index is 1.82. The Labute approximate surface area is 151 Å². The number of carbonyl (C=O) groups is 1. The summed E-state index contributed by atoms with van der Waals surface area (Å²) in [4.78, 5) is 16.6. The normalized spacial score (nSPS) is 10.4. The number of amides is 1. The maximum absolute atomic E-state index is 12.9. The number of benzene rings is 2. The number of hydrogen-bond acceptors (Lipinski definition) is 3. The van der Waals surface area contributed by atoms with Crippen LogP contribution in [-0.4, -0.2) is 17.4 Å². The number of rotatable bonds is 5. The van der Waals surface area contributed by atoms with Gasteiger partial charge in [0.1, 0.15) is 17.3 Å². The van der Waals surface area contributed by atoms with Gasteiger partial charge in [-0.1, -0.05) is 0 Å². The molecule has 0 radical (unpaired) electrons. The van der Waals surface area contributed by atoms with Crippen LogP contribution < -0.4 is 10.1 Å². The van der Waals surface area contributed by atoms with Crippen LogP contribution in [0.5, 0.6) is 11.5 Å². The first-order valence-corrected chi connectivity index (χ1v) is 8.36. The second-order valence-corrected chi connectivity index (χ2v) is 5.82. The lowest BCUT2D eigenvalue weighted by Gasteiger charge is -2.09. The summed E-state index contributed by atoms with van der Waals surface area (Å²) < 4.78 is 18.6. The fraction of sp³-hybridized carbons (Fsp3) is 0.143. The van der Waals surface area contributed by atoms with Gasteiger partial charge in [-0.3, -0.25) is 9.78 Å².